The van der Waals surface area contributed by atoms with Gasteiger partial charge in [-0.15, -0.1) is 0 Å². The van der Waals surface area contributed by atoms with E-state index in [-0.39, 0.29) is 24.3 Å². The Hall–Kier alpha value is -2.04. The zero-order chi connectivity index (χ0) is 20.5. The monoisotopic (exact) mass is 419 g/mol. The maximum absolute atomic E-state index is 12.6. The number of hydrogen-bond acceptors (Lipinski definition) is 3. The van der Waals surface area contributed by atoms with Crippen LogP contribution in [0.3, 0.4) is 0 Å². The lowest BCUT2D eigenvalue weighted by Gasteiger charge is -2.23. The molecular formula is C22H23Cl2NO3. The highest BCUT2D eigenvalue weighted by atomic mass is 35.5. The van der Waals surface area contributed by atoms with Gasteiger partial charge >= 0.3 is 5.97 Å². The summed E-state index contributed by atoms with van der Waals surface area (Å²) in [7, 11) is 0. The van der Waals surface area contributed by atoms with E-state index in [1.165, 1.54) is 10.5 Å². The van der Waals surface area contributed by atoms with Gasteiger partial charge in [0.25, 0.3) is 0 Å². The van der Waals surface area contributed by atoms with Gasteiger partial charge in [0.05, 0.1) is 21.7 Å². The van der Waals surface area contributed by atoms with Crippen molar-refractivity contribution in [3.05, 3.63) is 58.1 Å². The first-order valence-corrected chi connectivity index (χ1v) is 10.0. The van der Waals surface area contributed by atoms with Crippen LogP contribution in [0.15, 0.2) is 42.5 Å². The SMILES string of the molecule is CCC(C)(C)c1ccc(OC(=O)[C@H]2CC(=O)N(c3cccc(Cl)c3Cl)C2)cc1. The van der Waals surface area contributed by atoms with E-state index in [0.29, 0.717) is 21.5 Å². The Morgan fingerprint density at radius 2 is 1.86 bits per heavy atom. The molecule has 1 fully saturated rings. The highest BCUT2D eigenvalue weighted by molar-refractivity contribution is 6.44. The van der Waals surface area contributed by atoms with Crippen molar-refractivity contribution in [3.63, 3.8) is 0 Å². The number of anilines is 1. The van der Waals surface area contributed by atoms with Crippen molar-refractivity contribution >= 4 is 40.8 Å². The third kappa shape index (κ3) is 4.18. The smallest absolute Gasteiger partial charge is 0.316 e. The van der Waals surface area contributed by atoms with Gasteiger partial charge in [-0.2, -0.15) is 0 Å². The normalized spacial score (nSPS) is 17.1. The van der Waals surface area contributed by atoms with Crippen LogP contribution in [0.5, 0.6) is 5.75 Å². The summed E-state index contributed by atoms with van der Waals surface area (Å²) < 4.78 is 5.51. The molecule has 1 heterocycles. The van der Waals surface area contributed by atoms with Gasteiger partial charge < -0.3 is 9.64 Å². The molecule has 0 spiro atoms. The number of amides is 1. The average molecular weight is 420 g/mol. The molecule has 0 radical (unpaired) electrons. The molecule has 1 saturated heterocycles. The third-order valence-corrected chi connectivity index (χ3v) is 6.23. The summed E-state index contributed by atoms with van der Waals surface area (Å²) in [4.78, 5) is 26.5. The molecule has 1 aliphatic heterocycles. The van der Waals surface area contributed by atoms with Crippen LogP contribution in [-0.2, 0) is 15.0 Å². The summed E-state index contributed by atoms with van der Waals surface area (Å²) in [6.07, 6.45) is 1.10. The highest BCUT2D eigenvalue weighted by Gasteiger charge is 2.37. The summed E-state index contributed by atoms with van der Waals surface area (Å²) in [5, 5.41) is 0.675. The van der Waals surface area contributed by atoms with Crippen LogP contribution in [0.25, 0.3) is 0 Å². The van der Waals surface area contributed by atoms with E-state index in [9.17, 15) is 9.59 Å². The fourth-order valence-electron chi connectivity index (χ4n) is 3.18. The number of carbonyl (C=O) groups is 2. The quantitative estimate of drug-likeness (QED) is 0.465. The van der Waals surface area contributed by atoms with Crippen LogP contribution in [-0.4, -0.2) is 18.4 Å². The Labute approximate surface area is 175 Å². The molecule has 28 heavy (non-hydrogen) atoms. The first-order chi connectivity index (χ1) is 13.2. The third-order valence-electron chi connectivity index (χ3n) is 5.42. The lowest BCUT2D eigenvalue weighted by atomic mass is 9.82. The van der Waals surface area contributed by atoms with Crippen molar-refractivity contribution < 1.29 is 14.3 Å². The molecule has 148 valence electrons. The minimum atomic E-state index is -0.547. The molecule has 2 aromatic carbocycles. The van der Waals surface area contributed by atoms with Gasteiger partial charge in [0.15, 0.2) is 0 Å². The van der Waals surface area contributed by atoms with Crippen molar-refractivity contribution in [1.82, 2.24) is 0 Å². The maximum Gasteiger partial charge on any atom is 0.316 e. The first-order valence-electron chi connectivity index (χ1n) is 9.29. The standard InChI is InChI=1S/C22H23Cl2NO3/c1-4-22(2,3)15-8-10-16(11-9-15)28-21(27)14-12-19(26)25(13-14)18-7-5-6-17(23)20(18)24/h5-11,14H,4,12-13H2,1-3H3/t14-/m0/s1. The summed E-state index contributed by atoms with van der Waals surface area (Å²) in [5.74, 6) is -0.663. The first kappa shape index (κ1) is 20.7. The minimum Gasteiger partial charge on any atom is -0.426 e. The zero-order valence-electron chi connectivity index (χ0n) is 16.2. The number of ether oxygens (including phenoxy) is 1. The van der Waals surface area contributed by atoms with Crippen LogP contribution < -0.4 is 9.64 Å². The molecule has 0 aromatic heterocycles. The maximum atomic E-state index is 12.6. The van der Waals surface area contributed by atoms with Gasteiger partial charge in [-0.25, -0.2) is 0 Å². The van der Waals surface area contributed by atoms with Crippen LogP contribution in [0.1, 0.15) is 39.2 Å². The van der Waals surface area contributed by atoms with Gasteiger partial charge in [-0.3, -0.25) is 9.59 Å². The van der Waals surface area contributed by atoms with Crippen molar-refractivity contribution in [2.45, 2.75) is 39.0 Å². The molecule has 6 heteroatoms. The average Bonchev–Trinajstić information content (AvgIpc) is 3.06. The van der Waals surface area contributed by atoms with Gasteiger partial charge in [0.2, 0.25) is 5.91 Å². The fourth-order valence-corrected chi connectivity index (χ4v) is 3.57. The van der Waals surface area contributed by atoms with Gasteiger partial charge in [-0.05, 0) is 41.7 Å². The van der Waals surface area contributed by atoms with Crippen LogP contribution in [0.2, 0.25) is 10.0 Å². The molecule has 2 aromatic rings. The summed E-state index contributed by atoms with van der Waals surface area (Å²) >= 11 is 12.3. The fraction of sp³-hybridized carbons (Fsp3) is 0.364. The molecule has 1 aliphatic rings. The van der Waals surface area contributed by atoms with E-state index in [4.69, 9.17) is 27.9 Å². The molecule has 4 nitrogen and oxygen atoms in total. The Balaban J connectivity index is 1.69. The number of halogens is 2. The lowest BCUT2D eigenvalue weighted by Crippen LogP contribution is -2.27. The summed E-state index contributed by atoms with van der Waals surface area (Å²) in [6.45, 7) is 6.71. The van der Waals surface area contributed by atoms with E-state index in [2.05, 4.69) is 20.8 Å². The van der Waals surface area contributed by atoms with E-state index >= 15 is 0 Å². The minimum absolute atomic E-state index is 0.0666. The van der Waals surface area contributed by atoms with Crippen molar-refractivity contribution in [3.8, 4) is 5.75 Å². The molecule has 1 amide bonds. The van der Waals surface area contributed by atoms with E-state index in [0.717, 1.165) is 6.42 Å². The number of hydrogen-bond donors (Lipinski definition) is 0. The van der Waals surface area contributed by atoms with E-state index in [1.54, 1.807) is 30.3 Å². The zero-order valence-corrected chi connectivity index (χ0v) is 17.7. The number of nitrogens with zero attached hydrogens (tertiary/aromatic N) is 1. The second kappa shape index (κ2) is 8.14. The highest BCUT2D eigenvalue weighted by Crippen LogP contribution is 2.36. The van der Waals surface area contributed by atoms with E-state index < -0.39 is 11.9 Å². The lowest BCUT2D eigenvalue weighted by molar-refractivity contribution is -0.139. The molecule has 0 unspecified atom stereocenters. The molecule has 0 bridgehead atoms. The Kier molecular flexibility index (Phi) is 6.01. The molecule has 0 aliphatic carbocycles. The van der Waals surface area contributed by atoms with Gasteiger partial charge in [0, 0.05) is 13.0 Å². The Morgan fingerprint density at radius 3 is 2.50 bits per heavy atom. The molecule has 1 atom stereocenters. The molecule has 0 saturated carbocycles. The number of rotatable bonds is 5. The molecular weight excluding hydrogens is 397 g/mol. The van der Waals surface area contributed by atoms with E-state index in [1.807, 2.05) is 12.1 Å². The number of esters is 1. The second-order valence-electron chi connectivity index (χ2n) is 7.66. The van der Waals surface area contributed by atoms with Crippen LogP contribution in [0.4, 0.5) is 5.69 Å². The van der Waals surface area contributed by atoms with Gasteiger partial charge in [0.1, 0.15) is 5.75 Å². The Bertz CT molecular complexity index is 893. The predicted octanol–water partition coefficient (Wildman–Crippen LogP) is 5.64. The molecule has 0 N–H and O–H groups in total. The Morgan fingerprint density at radius 1 is 1.18 bits per heavy atom. The second-order valence-corrected chi connectivity index (χ2v) is 8.45. The molecule has 3 rings (SSSR count). The van der Waals surface area contributed by atoms with Crippen molar-refractivity contribution in [2.24, 2.45) is 5.92 Å². The largest absolute Gasteiger partial charge is 0.426 e. The van der Waals surface area contributed by atoms with Gasteiger partial charge in [-0.1, -0.05) is 62.2 Å². The van der Waals surface area contributed by atoms with Crippen molar-refractivity contribution in [1.29, 1.82) is 0 Å². The van der Waals surface area contributed by atoms with Crippen LogP contribution in [0, 0.1) is 5.92 Å². The predicted molar refractivity (Wildman–Crippen MR) is 112 cm³/mol. The number of carbonyl (C=O) groups excluding carboxylic acids is 2. The number of benzene rings is 2. The topological polar surface area (TPSA) is 46.6 Å². The van der Waals surface area contributed by atoms with Crippen LogP contribution >= 0.6 is 23.2 Å². The summed E-state index contributed by atoms with van der Waals surface area (Å²) in [6, 6.07) is 12.6. The summed E-state index contributed by atoms with van der Waals surface area (Å²) in [5.41, 5.74) is 1.77. The van der Waals surface area contributed by atoms with Crippen molar-refractivity contribution in [2.75, 3.05) is 11.4 Å².